The first kappa shape index (κ1) is 19.3. The summed E-state index contributed by atoms with van der Waals surface area (Å²) in [5.41, 5.74) is -2.13. The third-order valence-electron chi connectivity index (χ3n) is 4.11. The molecule has 0 amide bonds. The van der Waals surface area contributed by atoms with Crippen molar-refractivity contribution in [1.82, 2.24) is 20.2 Å². The van der Waals surface area contributed by atoms with Crippen molar-refractivity contribution in [2.24, 2.45) is 0 Å². The predicted octanol–water partition coefficient (Wildman–Crippen LogP) is 1.47. The number of hydrogen-bond acceptors (Lipinski definition) is 6. The Hall–Kier alpha value is -1.47. The number of aromatic nitrogens is 2. The number of β-amino-alcohol motifs (C(OH)–C–C–N with tert-alkyl or cyclic N) is 1. The largest absolute Gasteiger partial charge is 0.432 e. The van der Waals surface area contributed by atoms with Crippen molar-refractivity contribution in [3.8, 4) is 10.6 Å². The maximum absolute atomic E-state index is 12.7. The van der Waals surface area contributed by atoms with Crippen LogP contribution in [-0.4, -0.2) is 49.0 Å². The fraction of sp³-hybridized carbons (Fsp3) is 0.500. The topological polar surface area (TPSA) is 107 Å². The monoisotopic (exact) mass is 410 g/mol. The van der Waals surface area contributed by atoms with Crippen LogP contribution in [0.15, 0.2) is 17.0 Å². The van der Waals surface area contributed by atoms with E-state index in [4.69, 9.17) is 0 Å². The second-order valence-corrected chi connectivity index (χ2v) is 9.16. The summed E-state index contributed by atoms with van der Waals surface area (Å²) in [5, 5.41) is 18.7. The van der Waals surface area contributed by atoms with Gasteiger partial charge in [-0.1, -0.05) is 0 Å². The normalized spacial score (nSPS) is 21.4. The molecule has 3 rings (SSSR count). The summed E-state index contributed by atoms with van der Waals surface area (Å²) in [6.07, 6.45) is -4.13. The van der Waals surface area contributed by atoms with Gasteiger partial charge in [-0.3, -0.25) is 5.10 Å². The van der Waals surface area contributed by atoms with E-state index in [1.807, 2.05) is 5.10 Å². The molecule has 7 nitrogen and oxygen atoms in total. The van der Waals surface area contributed by atoms with Crippen LogP contribution in [0, 0.1) is 6.92 Å². The van der Waals surface area contributed by atoms with E-state index in [2.05, 4.69) is 15.1 Å². The zero-order valence-corrected chi connectivity index (χ0v) is 15.3. The molecule has 0 spiro atoms. The molecule has 4 N–H and O–H groups in total. The lowest BCUT2D eigenvalue weighted by Crippen LogP contribution is -2.44. The SMILES string of the molecule is Cc1sc(-c2cc(C(F)(F)F)[nH]n2)cc1S(=O)(=O)NCC1(O)CCNC1. The van der Waals surface area contributed by atoms with Crippen molar-refractivity contribution in [2.45, 2.75) is 30.0 Å². The minimum absolute atomic E-state index is 0.0190. The van der Waals surface area contributed by atoms with Crippen LogP contribution in [0.1, 0.15) is 17.0 Å². The van der Waals surface area contributed by atoms with Crippen LogP contribution in [0.3, 0.4) is 0 Å². The Kier molecular flexibility index (Phi) is 4.90. The van der Waals surface area contributed by atoms with E-state index in [1.54, 1.807) is 6.92 Å². The van der Waals surface area contributed by atoms with Gasteiger partial charge in [0.15, 0.2) is 0 Å². The maximum Gasteiger partial charge on any atom is 0.432 e. The number of nitrogens with one attached hydrogen (secondary N) is 3. The zero-order valence-electron chi connectivity index (χ0n) is 13.6. The number of aryl methyl sites for hydroxylation is 1. The molecule has 0 aliphatic carbocycles. The van der Waals surface area contributed by atoms with Crippen LogP contribution in [0.25, 0.3) is 10.6 Å². The molecule has 1 fully saturated rings. The third kappa shape index (κ3) is 3.93. The molecule has 1 aliphatic heterocycles. The van der Waals surface area contributed by atoms with Crippen LogP contribution >= 0.6 is 11.3 Å². The number of aromatic amines is 1. The number of thiophene rings is 1. The average Bonchev–Trinajstić information content (AvgIpc) is 3.24. The third-order valence-corrected chi connectivity index (χ3v) is 6.84. The quantitative estimate of drug-likeness (QED) is 0.597. The van der Waals surface area contributed by atoms with E-state index in [0.717, 1.165) is 17.4 Å². The molecule has 0 bridgehead atoms. The molecule has 3 heterocycles. The van der Waals surface area contributed by atoms with Crippen molar-refractivity contribution in [3.63, 3.8) is 0 Å². The van der Waals surface area contributed by atoms with Gasteiger partial charge in [0.2, 0.25) is 10.0 Å². The lowest BCUT2D eigenvalue weighted by Gasteiger charge is -2.21. The van der Waals surface area contributed by atoms with Crippen LogP contribution in [0.5, 0.6) is 0 Å². The fourth-order valence-electron chi connectivity index (χ4n) is 2.64. The molecule has 1 atom stereocenters. The van der Waals surface area contributed by atoms with Gasteiger partial charge in [0, 0.05) is 18.0 Å². The summed E-state index contributed by atoms with van der Waals surface area (Å²) in [6.45, 7) is 2.30. The lowest BCUT2D eigenvalue weighted by molar-refractivity contribution is -0.141. The summed E-state index contributed by atoms with van der Waals surface area (Å²) in [5.74, 6) is 0. The standard InChI is InChI=1S/C14H17F3N4O3S2/c1-8-11(26(23,24)19-7-13(22)2-3-18-6-13)5-10(25-8)9-4-12(21-20-9)14(15,16)17/h4-5,18-19,22H,2-3,6-7H2,1H3,(H,20,21). The Labute approximate surface area is 151 Å². The molecule has 144 valence electrons. The summed E-state index contributed by atoms with van der Waals surface area (Å²) in [7, 11) is -3.91. The molecule has 12 heteroatoms. The average molecular weight is 410 g/mol. The molecule has 0 saturated carbocycles. The highest BCUT2D eigenvalue weighted by atomic mass is 32.2. The number of hydrogen-bond donors (Lipinski definition) is 4. The molecular weight excluding hydrogens is 393 g/mol. The first-order chi connectivity index (χ1) is 12.0. The summed E-state index contributed by atoms with van der Waals surface area (Å²) in [4.78, 5) is 0.681. The molecule has 2 aromatic rings. The zero-order chi connectivity index (χ0) is 19.2. The minimum atomic E-state index is -4.56. The van der Waals surface area contributed by atoms with Gasteiger partial charge in [0.1, 0.15) is 11.4 Å². The second-order valence-electron chi connectivity index (χ2n) is 6.17. The number of H-pyrrole nitrogens is 1. The summed E-state index contributed by atoms with van der Waals surface area (Å²) in [6, 6.07) is 2.12. The van der Waals surface area contributed by atoms with Gasteiger partial charge in [-0.05, 0) is 32.0 Å². The van der Waals surface area contributed by atoms with Crippen LogP contribution in [-0.2, 0) is 16.2 Å². The van der Waals surface area contributed by atoms with E-state index >= 15 is 0 Å². The number of nitrogens with zero attached hydrogens (tertiary/aromatic N) is 1. The highest BCUT2D eigenvalue weighted by Crippen LogP contribution is 2.35. The Balaban J connectivity index is 1.82. The van der Waals surface area contributed by atoms with Crippen molar-refractivity contribution in [2.75, 3.05) is 19.6 Å². The molecule has 26 heavy (non-hydrogen) atoms. The highest BCUT2D eigenvalue weighted by Gasteiger charge is 2.35. The van der Waals surface area contributed by atoms with Crippen molar-refractivity contribution < 1.29 is 26.7 Å². The first-order valence-electron chi connectivity index (χ1n) is 7.66. The van der Waals surface area contributed by atoms with Gasteiger partial charge in [-0.2, -0.15) is 18.3 Å². The van der Waals surface area contributed by atoms with E-state index in [1.165, 1.54) is 6.07 Å². The molecule has 2 aromatic heterocycles. The first-order valence-corrected chi connectivity index (χ1v) is 9.96. The van der Waals surface area contributed by atoms with Crippen LogP contribution < -0.4 is 10.0 Å². The van der Waals surface area contributed by atoms with E-state index in [9.17, 15) is 26.7 Å². The molecule has 1 unspecified atom stereocenters. The number of aliphatic hydroxyl groups is 1. The summed E-state index contributed by atoms with van der Waals surface area (Å²) < 4.78 is 65.4. The van der Waals surface area contributed by atoms with Gasteiger partial charge in [0.05, 0.1) is 15.4 Å². The summed E-state index contributed by atoms with van der Waals surface area (Å²) >= 11 is 1.03. The van der Waals surface area contributed by atoms with Gasteiger partial charge in [-0.15, -0.1) is 11.3 Å². The predicted molar refractivity (Wildman–Crippen MR) is 89.3 cm³/mol. The van der Waals surface area contributed by atoms with Crippen molar-refractivity contribution in [1.29, 1.82) is 0 Å². The molecule has 1 saturated heterocycles. The Morgan fingerprint density at radius 1 is 1.42 bits per heavy atom. The molecule has 0 radical (unpaired) electrons. The van der Waals surface area contributed by atoms with Gasteiger partial charge < -0.3 is 10.4 Å². The van der Waals surface area contributed by atoms with Gasteiger partial charge in [-0.25, -0.2) is 13.1 Å². The minimum Gasteiger partial charge on any atom is -0.387 e. The fourth-order valence-corrected chi connectivity index (χ4v) is 5.31. The lowest BCUT2D eigenvalue weighted by atomic mass is 10.1. The highest BCUT2D eigenvalue weighted by molar-refractivity contribution is 7.89. The van der Waals surface area contributed by atoms with E-state index in [-0.39, 0.29) is 23.7 Å². The molecule has 1 aliphatic rings. The molecular formula is C14H17F3N4O3S2. The van der Waals surface area contributed by atoms with Crippen molar-refractivity contribution in [3.05, 3.63) is 22.7 Å². The Bertz CT molecular complexity index is 899. The number of alkyl halides is 3. The van der Waals surface area contributed by atoms with Crippen molar-refractivity contribution >= 4 is 21.4 Å². The number of sulfonamides is 1. The molecule has 0 aromatic carbocycles. The van der Waals surface area contributed by atoms with Gasteiger partial charge in [0.25, 0.3) is 0 Å². The Morgan fingerprint density at radius 3 is 2.73 bits per heavy atom. The number of halogens is 3. The van der Waals surface area contributed by atoms with Crippen LogP contribution in [0.2, 0.25) is 0 Å². The van der Waals surface area contributed by atoms with E-state index in [0.29, 0.717) is 22.7 Å². The Morgan fingerprint density at radius 2 is 2.15 bits per heavy atom. The van der Waals surface area contributed by atoms with E-state index < -0.39 is 27.5 Å². The smallest absolute Gasteiger partial charge is 0.387 e. The second kappa shape index (κ2) is 6.60. The maximum atomic E-state index is 12.7. The van der Waals surface area contributed by atoms with Crippen LogP contribution in [0.4, 0.5) is 13.2 Å². The van der Waals surface area contributed by atoms with Gasteiger partial charge >= 0.3 is 6.18 Å². The number of rotatable bonds is 5.